The summed E-state index contributed by atoms with van der Waals surface area (Å²) in [5.74, 6) is -0.397. The molecule has 1 saturated carbocycles. The van der Waals surface area contributed by atoms with Crippen molar-refractivity contribution in [2.24, 2.45) is 11.8 Å². The topological polar surface area (TPSA) is 100 Å². The van der Waals surface area contributed by atoms with Crippen LogP contribution in [0.3, 0.4) is 0 Å². The predicted molar refractivity (Wildman–Crippen MR) is 118 cm³/mol. The molecule has 0 radical (unpaired) electrons. The fourth-order valence-corrected chi connectivity index (χ4v) is 4.36. The number of para-hydroxylation sites is 1. The monoisotopic (exact) mass is 437 g/mol. The number of likely N-dealkylation sites (tertiary alicyclic amines) is 1. The van der Waals surface area contributed by atoms with Crippen LogP contribution < -0.4 is 16.6 Å². The minimum absolute atomic E-state index is 0.00470. The third-order valence-electron chi connectivity index (χ3n) is 6.26. The van der Waals surface area contributed by atoms with E-state index in [4.69, 9.17) is 0 Å². The van der Waals surface area contributed by atoms with Gasteiger partial charge in [-0.25, -0.2) is 9.78 Å². The van der Waals surface area contributed by atoms with Crippen LogP contribution in [0.25, 0.3) is 10.9 Å². The zero-order valence-electron chi connectivity index (χ0n) is 17.5. The van der Waals surface area contributed by atoms with Gasteiger partial charge in [0.1, 0.15) is 0 Å². The molecule has 2 aliphatic rings. The fraction of sp³-hybridized carbons (Fsp3) is 0.391. The number of hydrogen-bond donors (Lipinski definition) is 2. The Labute approximate surface area is 183 Å². The largest absolute Gasteiger partial charge is 0.329 e. The Balaban J connectivity index is 1.35. The van der Waals surface area contributed by atoms with Crippen LogP contribution in [0.15, 0.2) is 46.1 Å². The molecule has 1 saturated heterocycles. The van der Waals surface area contributed by atoms with E-state index in [0.717, 1.165) is 25.4 Å². The molecule has 32 heavy (non-hydrogen) atoms. The van der Waals surface area contributed by atoms with Gasteiger partial charge >= 0.3 is 5.69 Å². The van der Waals surface area contributed by atoms with Gasteiger partial charge in [-0.3, -0.25) is 19.1 Å². The summed E-state index contributed by atoms with van der Waals surface area (Å²) in [6.45, 7) is 2.69. The first-order valence-corrected chi connectivity index (χ1v) is 10.9. The molecule has 5 rings (SSSR count). The van der Waals surface area contributed by atoms with E-state index in [1.165, 1.54) is 29.7 Å². The zero-order valence-corrected chi connectivity index (χ0v) is 17.5. The summed E-state index contributed by atoms with van der Waals surface area (Å²) < 4.78 is 15.7. The van der Waals surface area contributed by atoms with Crippen molar-refractivity contribution in [1.82, 2.24) is 19.4 Å². The van der Waals surface area contributed by atoms with Crippen LogP contribution in [0.4, 0.5) is 10.1 Å². The van der Waals surface area contributed by atoms with Gasteiger partial charge < -0.3 is 10.2 Å². The van der Waals surface area contributed by atoms with E-state index >= 15 is 0 Å². The van der Waals surface area contributed by atoms with Crippen molar-refractivity contribution < 1.29 is 9.18 Å². The van der Waals surface area contributed by atoms with E-state index < -0.39 is 17.2 Å². The second-order valence-corrected chi connectivity index (χ2v) is 8.72. The summed E-state index contributed by atoms with van der Waals surface area (Å²) in [7, 11) is 0. The maximum Gasteiger partial charge on any atom is 0.329 e. The molecule has 166 valence electrons. The molecule has 0 unspecified atom stereocenters. The van der Waals surface area contributed by atoms with E-state index in [1.807, 2.05) is 0 Å². The number of anilines is 1. The third kappa shape index (κ3) is 4.20. The lowest BCUT2D eigenvalue weighted by Crippen LogP contribution is -2.30. The number of benzene rings is 1. The first kappa shape index (κ1) is 20.6. The Kier molecular flexibility index (Phi) is 5.34. The van der Waals surface area contributed by atoms with Crippen molar-refractivity contribution in [3.8, 4) is 0 Å². The first-order valence-electron chi connectivity index (χ1n) is 10.9. The number of hydrogen-bond acceptors (Lipinski definition) is 5. The second kappa shape index (κ2) is 8.31. The van der Waals surface area contributed by atoms with Gasteiger partial charge in [0, 0.05) is 19.3 Å². The molecule has 9 heteroatoms. The molecular weight excluding hydrogens is 413 g/mol. The summed E-state index contributed by atoms with van der Waals surface area (Å²) in [5, 5.41) is 3.06. The summed E-state index contributed by atoms with van der Waals surface area (Å²) in [4.78, 5) is 45.6. The summed E-state index contributed by atoms with van der Waals surface area (Å²) >= 11 is 0. The number of fused-ring (bicyclic) bond motifs is 1. The van der Waals surface area contributed by atoms with Crippen molar-refractivity contribution in [2.75, 3.05) is 25.0 Å². The predicted octanol–water partition coefficient (Wildman–Crippen LogP) is 1.94. The fourth-order valence-electron chi connectivity index (χ4n) is 4.36. The van der Waals surface area contributed by atoms with Crippen molar-refractivity contribution in [2.45, 2.75) is 25.8 Å². The number of carbonyl (C=O) groups excluding carboxylic acids is 1. The van der Waals surface area contributed by atoms with Gasteiger partial charge in [0.05, 0.1) is 29.1 Å². The number of halogens is 1. The van der Waals surface area contributed by atoms with Gasteiger partial charge in [-0.1, -0.05) is 12.1 Å². The quantitative estimate of drug-likeness (QED) is 0.574. The third-order valence-corrected chi connectivity index (χ3v) is 6.26. The van der Waals surface area contributed by atoms with E-state index in [-0.39, 0.29) is 24.1 Å². The number of rotatable bonds is 6. The number of aromatic nitrogens is 3. The van der Waals surface area contributed by atoms with Crippen LogP contribution in [0.2, 0.25) is 0 Å². The number of nitrogens with zero attached hydrogens (tertiary/aromatic N) is 3. The molecule has 2 fully saturated rings. The maximum absolute atomic E-state index is 14.3. The number of carbonyl (C=O) groups is 1. The smallest absolute Gasteiger partial charge is 0.322 e. The Hall–Kier alpha value is -3.33. The highest BCUT2D eigenvalue weighted by Crippen LogP contribution is 2.31. The molecule has 2 aromatic heterocycles. The maximum atomic E-state index is 14.3. The van der Waals surface area contributed by atoms with E-state index in [1.54, 1.807) is 24.3 Å². The van der Waals surface area contributed by atoms with Crippen LogP contribution in [-0.4, -0.2) is 45.0 Å². The average molecular weight is 437 g/mol. The van der Waals surface area contributed by atoms with Gasteiger partial charge in [0.2, 0.25) is 11.9 Å². The van der Waals surface area contributed by atoms with Gasteiger partial charge in [0.15, 0.2) is 0 Å². The Morgan fingerprint density at radius 2 is 2.03 bits per heavy atom. The van der Waals surface area contributed by atoms with Crippen molar-refractivity contribution >= 4 is 22.5 Å². The molecule has 1 amide bonds. The van der Waals surface area contributed by atoms with Gasteiger partial charge in [-0.2, -0.15) is 4.39 Å². The first-order chi connectivity index (χ1) is 15.5. The minimum Gasteiger partial charge on any atom is -0.322 e. The average Bonchev–Trinajstić information content (AvgIpc) is 3.47. The van der Waals surface area contributed by atoms with E-state index in [0.29, 0.717) is 23.0 Å². The normalized spacial score (nSPS) is 18.8. The molecule has 1 atom stereocenters. The molecule has 8 nitrogen and oxygen atoms in total. The molecule has 1 aliphatic heterocycles. The van der Waals surface area contributed by atoms with Crippen molar-refractivity contribution in [3.05, 3.63) is 68.9 Å². The highest BCUT2D eigenvalue weighted by atomic mass is 19.1. The lowest BCUT2D eigenvalue weighted by Gasteiger charge is -2.16. The SMILES string of the molecule is O=C(Nc1cc(Cn2c(=O)[nH]c(=O)c3ccccc32)cnc1F)[C@H]1CCN(CC2CC2)C1. The summed E-state index contributed by atoms with van der Waals surface area (Å²) in [6.07, 6.45) is 4.62. The number of pyridine rings is 1. The Morgan fingerprint density at radius 3 is 2.84 bits per heavy atom. The van der Waals surface area contributed by atoms with Gasteiger partial charge in [0.25, 0.3) is 5.56 Å². The van der Waals surface area contributed by atoms with Crippen LogP contribution in [0.5, 0.6) is 0 Å². The Morgan fingerprint density at radius 1 is 1.22 bits per heavy atom. The van der Waals surface area contributed by atoms with E-state index in [9.17, 15) is 18.8 Å². The van der Waals surface area contributed by atoms with Crippen LogP contribution in [-0.2, 0) is 11.3 Å². The standard InChI is InChI=1S/C23H24FN5O3/c24-20-18(26-21(30)16-7-8-28(13-16)11-14-5-6-14)9-15(10-25-20)12-29-19-4-2-1-3-17(19)22(31)27-23(29)32/h1-4,9-10,14,16H,5-8,11-13H2,(H,26,30)(H,27,31,32)/t16-/m0/s1. The van der Waals surface area contributed by atoms with Crippen LogP contribution >= 0.6 is 0 Å². The van der Waals surface area contributed by atoms with Gasteiger partial charge in [-0.05, 0) is 55.5 Å². The molecule has 1 aliphatic carbocycles. The van der Waals surface area contributed by atoms with Crippen LogP contribution in [0.1, 0.15) is 24.8 Å². The highest BCUT2D eigenvalue weighted by Gasteiger charge is 2.32. The van der Waals surface area contributed by atoms with E-state index in [2.05, 4.69) is 20.2 Å². The molecular formula is C23H24FN5O3. The lowest BCUT2D eigenvalue weighted by atomic mass is 10.1. The minimum atomic E-state index is -0.770. The number of amides is 1. The number of H-pyrrole nitrogens is 1. The van der Waals surface area contributed by atoms with Gasteiger partial charge in [-0.15, -0.1) is 0 Å². The number of nitrogens with one attached hydrogen (secondary N) is 2. The van der Waals surface area contributed by atoms with Crippen molar-refractivity contribution in [1.29, 1.82) is 0 Å². The Bertz CT molecular complexity index is 1300. The number of aromatic amines is 1. The molecule has 3 aromatic rings. The highest BCUT2D eigenvalue weighted by molar-refractivity contribution is 5.93. The second-order valence-electron chi connectivity index (χ2n) is 8.72. The lowest BCUT2D eigenvalue weighted by molar-refractivity contribution is -0.119. The molecule has 1 aromatic carbocycles. The summed E-state index contributed by atoms with van der Waals surface area (Å²) in [6, 6.07) is 8.25. The molecule has 0 spiro atoms. The molecule has 2 N–H and O–H groups in total. The molecule has 0 bridgehead atoms. The van der Waals surface area contributed by atoms with Crippen LogP contribution in [0, 0.1) is 17.8 Å². The van der Waals surface area contributed by atoms with Crippen molar-refractivity contribution in [3.63, 3.8) is 0 Å². The molecule has 3 heterocycles. The zero-order chi connectivity index (χ0) is 22.2. The summed E-state index contributed by atoms with van der Waals surface area (Å²) in [5.41, 5.74) is -0.0276.